The molecule has 19 heavy (non-hydrogen) atoms. The van der Waals surface area contributed by atoms with Gasteiger partial charge in [-0.2, -0.15) is 0 Å². The van der Waals surface area contributed by atoms with Crippen molar-refractivity contribution in [2.45, 2.75) is 24.9 Å². The van der Waals surface area contributed by atoms with Crippen molar-refractivity contribution >= 4 is 21.9 Å². The lowest BCUT2D eigenvalue weighted by Gasteiger charge is -2.11. The zero-order chi connectivity index (χ0) is 13.0. The first-order valence-corrected chi connectivity index (χ1v) is 6.37. The zero-order valence-electron chi connectivity index (χ0n) is 10.6. The third kappa shape index (κ3) is 1.50. The molecule has 2 aromatic heterocycles. The predicted octanol–water partition coefficient (Wildman–Crippen LogP) is 3.26. The quantitative estimate of drug-likeness (QED) is 0.783. The number of fused-ring (bicyclic) bond motifs is 2. The summed E-state index contributed by atoms with van der Waals surface area (Å²) in [4.78, 5) is 0. The van der Waals surface area contributed by atoms with E-state index in [-0.39, 0.29) is 0 Å². The molecule has 3 aromatic rings. The van der Waals surface area contributed by atoms with Gasteiger partial charge in [0.1, 0.15) is 5.58 Å². The van der Waals surface area contributed by atoms with Gasteiger partial charge in [0.15, 0.2) is 11.3 Å². The van der Waals surface area contributed by atoms with Gasteiger partial charge in [0, 0.05) is 17.4 Å². The van der Waals surface area contributed by atoms with Gasteiger partial charge in [0.2, 0.25) is 0 Å². The highest BCUT2D eigenvalue weighted by Crippen LogP contribution is 2.45. The maximum absolute atomic E-state index is 10.2. The van der Waals surface area contributed by atoms with Crippen molar-refractivity contribution in [2.24, 2.45) is 0 Å². The van der Waals surface area contributed by atoms with E-state index >= 15 is 0 Å². The summed E-state index contributed by atoms with van der Waals surface area (Å²) in [6, 6.07) is 3.78. The van der Waals surface area contributed by atoms with Gasteiger partial charge in [-0.25, -0.2) is 0 Å². The van der Waals surface area contributed by atoms with Gasteiger partial charge in [-0.1, -0.05) is 0 Å². The second-order valence-corrected chi connectivity index (χ2v) is 5.24. The Hall–Kier alpha value is -1.94. The standard InChI is InChI=1S/C15H14O4/c1-17-13-10-3-7-18-12(10)11(8-15(16)4-5-15)9-2-6-19-14(9)13/h2-3,6-7,16H,4-5,8H2,1H3. The minimum absolute atomic E-state index is 0.571. The van der Waals surface area contributed by atoms with E-state index in [2.05, 4.69) is 0 Å². The molecule has 98 valence electrons. The molecule has 0 saturated heterocycles. The van der Waals surface area contributed by atoms with Crippen LogP contribution < -0.4 is 4.74 Å². The van der Waals surface area contributed by atoms with Crippen LogP contribution in [-0.4, -0.2) is 17.8 Å². The molecule has 4 rings (SSSR count). The highest BCUT2D eigenvalue weighted by atomic mass is 16.5. The van der Waals surface area contributed by atoms with E-state index in [1.165, 1.54) is 0 Å². The predicted molar refractivity (Wildman–Crippen MR) is 70.4 cm³/mol. The fourth-order valence-electron chi connectivity index (χ4n) is 2.72. The number of rotatable bonds is 3. The largest absolute Gasteiger partial charge is 0.492 e. The van der Waals surface area contributed by atoms with E-state index < -0.39 is 5.60 Å². The number of benzene rings is 1. The van der Waals surface area contributed by atoms with Crippen LogP contribution in [0.5, 0.6) is 5.75 Å². The molecule has 2 heterocycles. The fraction of sp³-hybridized carbons (Fsp3) is 0.333. The molecular formula is C15H14O4. The number of hydrogen-bond donors (Lipinski definition) is 1. The minimum Gasteiger partial charge on any atom is -0.492 e. The lowest BCUT2D eigenvalue weighted by Crippen LogP contribution is -2.11. The van der Waals surface area contributed by atoms with E-state index in [4.69, 9.17) is 13.6 Å². The average Bonchev–Trinajstić information content (AvgIpc) is 2.88. The van der Waals surface area contributed by atoms with Gasteiger partial charge in [-0.3, -0.25) is 0 Å². The molecule has 0 bridgehead atoms. The molecule has 0 spiro atoms. The van der Waals surface area contributed by atoms with Crippen molar-refractivity contribution in [3.63, 3.8) is 0 Å². The summed E-state index contributed by atoms with van der Waals surface area (Å²) in [5.41, 5.74) is 1.93. The Balaban J connectivity index is 2.07. The first kappa shape index (κ1) is 10.9. The second-order valence-electron chi connectivity index (χ2n) is 5.24. The summed E-state index contributed by atoms with van der Waals surface area (Å²) in [7, 11) is 1.62. The second kappa shape index (κ2) is 3.54. The van der Waals surface area contributed by atoms with Crippen LogP contribution in [0.15, 0.2) is 33.5 Å². The van der Waals surface area contributed by atoms with E-state index in [1.807, 2.05) is 12.1 Å². The fourth-order valence-corrected chi connectivity index (χ4v) is 2.72. The lowest BCUT2D eigenvalue weighted by molar-refractivity contribution is 0.151. The van der Waals surface area contributed by atoms with Crippen molar-refractivity contribution < 1.29 is 18.7 Å². The Morgan fingerprint density at radius 3 is 2.53 bits per heavy atom. The molecular weight excluding hydrogens is 244 g/mol. The molecule has 0 amide bonds. The molecule has 0 aliphatic heterocycles. The van der Waals surface area contributed by atoms with Gasteiger partial charge < -0.3 is 18.7 Å². The molecule has 0 atom stereocenters. The highest BCUT2D eigenvalue weighted by Gasteiger charge is 2.41. The van der Waals surface area contributed by atoms with E-state index in [9.17, 15) is 5.11 Å². The number of ether oxygens (including phenoxy) is 1. The van der Waals surface area contributed by atoms with Crippen molar-refractivity contribution in [1.29, 1.82) is 0 Å². The first-order valence-electron chi connectivity index (χ1n) is 6.37. The summed E-state index contributed by atoms with van der Waals surface area (Å²) in [5.74, 6) is 0.690. The van der Waals surface area contributed by atoms with Crippen LogP contribution in [-0.2, 0) is 6.42 Å². The third-order valence-electron chi connectivity index (χ3n) is 3.92. The van der Waals surface area contributed by atoms with Crippen LogP contribution in [0.3, 0.4) is 0 Å². The summed E-state index contributed by atoms with van der Waals surface area (Å²) in [6.45, 7) is 0. The maximum Gasteiger partial charge on any atom is 0.176 e. The number of hydrogen-bond acceptors (Lipinski definition) is 4. The smallest absolute Gasteiger partial charge is 0.176 e. The molecule has 1 N–H and O–H groups in total. The van der Waals surface area contributed by atoms with Gasteiger partial charge in [-0.05, 0) is 25.0 Å². The monoisotopic (exact) mass is 258 g/mol. The van der Waals surface area contributed by atoms with Crippen molar-refractivity contribution in [2.75, 3.05) is 7.11 Å². The number of furan rings is 2. The Kier molecular flexibility index (Phi) is 2.04. The normalized spacial score (nSPS) is 17.2. The van der Waals surface area contributed by atoms with Crippen LogP contribution in [0.25, 0.3) is 21.9 Å². The van der Waals surface area contributed by atoms with Gasteiger partial charge in [0.25, 0.3) is 0 Å². The van der Waals surface area contributed by atoms with Gasteiger partial charge >= 0.3 is 0 Å². The SMILES string of the molecule is COc1c2ccoc2c(CC2(O)CC2)c2ccoc12. The van der Waals surface area contributed by atoms with Gasteiger partial charge in [0.05, 0.1) is 30.6 Å². The van der Waals surface area contributed by atoms with Crippen LogP contribution in [0.2, 0.25) is 0 Å². The topological polar surface area (TPSA) is 55.7 Å². The van der Waals surface area contributed by atoms with Crippen LogP contribution in [0.1, 0.15) is 18.4 Å². The van der Waals surface area contributed by atoms with Crippen molar-refractivity contribution in [3.8, 4) is 5.75 Å². The first-order chi connectivity index (χ1) is 9.22. The van der Waals surface area contributed by atoms with E-state index in [0.717, 1.165) is 40.3 Å². The molecule has 1 aliphatic carbocycles. The molecule has 0 radical (unpaired) electrons. The lowest BCUT2D eigenvalue weighted by atomic mass is 9.99. The van der Waals surface area contributed by atoms with Crippen LogP contribution in [0.4, 0.5) is 0 Å². The summed E-state index contributed by atoms with van der Waals surface area (Å²) in [6.07, 6.45) is 5.58. The third-order valence-corrected chi connectivity index (χ3v) is 3.92. The van der Waals surface area contributed by atoms with E-state index in [0.29, 0.717) is 12.2 Å². The molecule has 1 aliphatic rings. The van der Waals surface area contributed by atoms with Gasteiger partial charge in [-0.15, -0.1) is 0 Å². The Bertz CT molecular complexity index is 709. The Morgan fingerprint density at radius 1 is 1.16 bits per heavy atom. The molecule has 1 aromatic carbocycles. The van der Waals surface area contributed by atoms with Crippen LogP contribution in [0, 0.1) is 0 Å². The highest BCUT2D eigenvalue weighted by molar-refractivity contribution is 6.04. The molecule has 4 heteroatoms. The summed E-state index contributed by atoms with van der Waals surface area (Å²) >= 11 is 0. The Morgan fingerprint density at radius 2 is 1.84 bits per heavy atom. The Labute approximate surface area is 109 Å². The minimum atomic E-state index is -0.571. The summed E-state index contributed by atoms with van der Waals surface area (Å²) < 4.78 is 16.6. The molecule has 0 unspecified atom stereocenters. The van der Waals surface area contributed by atoms with E-state index in [1.54, 1.807) is 19.6 Å². The van der Waals surface area contributed by atoms with Crippen molar-refractivity contribution in [3.05, 3.63) is 30.2 Å². The van der Waals surface area contributed by atoms with Crippen LogP contribution >= 0.6 is 0 Å². The molecule has 1 saturated carbocycles. The molecule has 1 fully saturated rings. The molecule has 4 nitrogen and oxygen atoms in total. The summed E-state index contributed by atoms with van der Waals surface area (Å²) in [5, 5.41) is 12.0. The average molecular weight is 258 g/mol. The van der Waals surface area contributed by atoms with Crippen molar-refractivity contribution in [1.82, 2.24) is 0 Å². The number of aliphatic hydroxyl groups is 1. The zero-order valence-corrected chi connectivity index (χ0v) is 10.6. The number of methoxy groups -OCH3 is 1. The maximum atomic E-state index is 10.2.